The zero-order valence-corrected chi connectivity index (χ0v) is 11.5. The summed E-state index contributed by atoms with van der Waals surface area (Å²) >= 11 is 6.00. The molecule has 6 heteroatoms. The van der Waals surface area contributed by atoms with Gasteiger partial charge in [-0.1, -0.05) is 11.6 Å². The highest BCUT2D eigenvalue weighted by atomic mass is 35.5. The van der Waals surface area contributed by atoms with E-state index in [2.05, 4.69) is 9.88 Å². The van der Waals surface area contributed by atoms with E-state index in [0.717, 1.165) is 29.6 Å². The number of alkyl halides is 2. The Kier molecular flexibility index (Phi) is 3.61. The smallest absolute Gasteiger partial charge is 0.319 e. The van der Waals surface area contributed by atoms with Crippen LogP contribution in [0.3, 0.4) is 0 Å². The van der Waals surface area contributed by atoms with E-state index in [9.17, 15) is 8.78 Å². The second-order valence-corrected chi connectivity index (χ2v) is 5.26. The summed E-state index contributed by atoms with van der Waals surface area (Å²) in [5, 5.41) is 0.708. The van der Waals surface area contributed by atoms with E-state index in [-0.39, 0.29) is 0 Å². The van der Waals surface area contributed by atoms with Crippen LogP contribution in [0.1, 0.15) is 24.4 Å². The number of hydrogen-bond acceptors (Lipinski definition) is 2. The van der Waals surface area contributed by atoms with Gasteiger partial charge in [-0.2, -0.15) is 8.78 Å². The summed E-state index contributed by atoms with van der Waals surface area (Å²) in [5.41, 5.74) is 2.23. The second-order valence-electron chi connectivity index (χ2n) is 4.83. The van der Waals surface area contributed by atoms with Crippen LogP contribution in [0, 0.1) is 0 Å². The van der Waals surface area contributed by atoms with Crippen molar-refractivity contribution in [1.82, 2.24) is 9.55 Å². The first-order valence-corrected chi connectivity index (χ1v) is 6.86. The molecule has 1 aliphatic heterocycles. The summed E-state index contributed by atoms with van der Waals surface area (Å²) in [6.45, 7) is -1.33. The Morgan fingerprint density at radius 1 is 1.35 bits per heavy atom. The normalized spacial score (nSPS) is 14.7. The average molecular weight is 298 g/mol. The van der Waals surface area contributed by atoms with E-state index in [0.29, 0.717) is 17.4 Å². The van der Waals surface area contributed by atoms with Gasteiger partial charge < -0.3 is 4.90 Å². The highest BCUT2D eigenvalue weighted by molar-refractivity contribution is 6.30. The van der Waals surface area contributed by atoms with Gasteiger partial charge in [-0.15, -0.1) is 0 Å². The number of anilines is 1. The second kappa shape index (κ2) is 5.40. The van der Waals surface area contributed by atoms with E-state index < -0.39 is 6.55 Å². The lowest BCUT2D eigenvalue weighted by molar-refractivity contribution is 0.0669. The number of fused-ring (bicyclic) bond motifs is 1. The molecular weight excluding hydrogens is 284 g/mol. The molecular formula is C14H14ClF2N3. The van der Waals surface area contributed by atoms with Gasteiger partial charge in [-0.3, -0.25) is 4.57 Å². The third kappa shape index (κ3) is 2.50. The zero-order valence-electron chi connectivity index (χ0n) is 10.8. The number of benzene rings is 1. The van der Waals surface area contributed by atoms with Crippen LogP contribution >= 0.6 is 11.6 Å². The van der Waals surface area contributed by atoms with Crippen molar-refractivity contribution in [1.29, 1.82) is 0 Å². The van der Waals surface area contributed by atoms with Crippen molar-refractivity contribution < 1.29 is 8.78 Å². The molecule has 0 atom stereocenters. The minimum Gasteiger partial charge on any atom is -0.364 e. The Morgan fingerprint density at radius 3 is 3.00 bits per heavy atom. The van der Waals surface area contributed by atoms with Crippen LogP contribution in [-0.4, -0.2) is 16.1 Å². The highest BCUT2D eigenvalue weighted by Crippen LogP contribution is 2.30. The Morgan fingerprint density at radius 2 is 2.20 bits per heavy atom. The Hall–Kier alpha value is -1.62. The van der Waals surface area contributed by atoms with Gasteiger partial charge in [-0.25, -0.2) is 4.98 Å². The maximum atomic E-state index is 12.9. The van der Waals surface area contributed by atoms with Crippen molar-refractivity contribution in [3.05, 3.63) is 47.0 Å². The van der Waals surface area contributed by atoms with Crippen LogP contribution < -0.4 is 4.90 Å². The average Bonchev–Trinajstić information content (AvgIpc) is 2.87. The maximum absolute atomic E-state index is 12.9. The minimum absolute atomic E-state index is 0.378. The van der Waals surface area contributed by atoms with Gasteiger partial charge in [-0.05, 0) is 36.6 Å². The van der Waals surface area contributed by atoms with Crippen molar-refractivity contribution in [3.8, 4) is 0 Å². The summed E-state index contributed by atoms with van der Waals surface area (Å²) in [6.07, 6.45) is 4.68. The number of aryl methyl sites for hydroxylation is 1. The number of halogens is 3. The Balaban J connectivity index is 1.88. The van der Waals surface area contributed by atoms with Gasteiger partial charge in [0.05, 0.1) is 6.54 Å². The van der Waals surface area contributed by atoms with Crippen LogP contribution in [0.2, 0.25) is 5.02 Å². The van der Waals surface area contributed by atoms with E-state index in [1.54, 1.807) is 0 Å². The molecule has 0 spiro atoms. The van der Waals surface area contributed by atoms with Crippen molar-refractivity contribution in [2.24, 2.45) is 0 Å². The number of nitrogens with zero attached hydrogens (tertiary/aromatic N) is 3. The zero-order chi connectivity index (χ0) is 14.1. The molecule has 0 saturated carbocycles. The molecule has 2 aromatic rings. The van der Waals surface area contributed by atoms with E-state index in [1.807, 2.05) is 18.2 Å². The first-order chi connectivity index (χ1) is 9.65. The molecule has 0 aliphatic carbocycles. The van der Waals surface area contributed by atoms with Crippen molar-refractivity contribution in [2.75, 3.05) is 11.4 Å². The third-order valence-electron chi connectivity index (χ3n) is 3.55. The third-order valence-corrected chi connectivity index (χ3v) is 3.78. The van der Waals surface area contributed by atoms with Gasteiger partial charge in [0.2, 0.25) is 0 Å². The Labute approximate surface area is 120 Å². The quantitative estimate of drug-likeness (QED) is 0.857. The Bertz CT molecular complexity index is 612. The minimum atomic E-state index is -2.55. The number of aromatic nitrogens is 2. The van der Waals surface area contributed by atoms with Crippen LogP contribution in [0.15, 0.2) is 30.6 Å². The van der Waals surface area contributed by atoms with Crippen molar-refractivity contribution in [3.63, 3.8) is 0 Å². The maximum Gasteiger partial charge on any atom is 0.319 e. The lowest BCUT2D eigenvalue weighted by Gasteiger charge is -2.31. The van der Waals surface area contributed by atoms with Crippen LogP contribution in [0.4, 0.5) is 14.5 Å². The standard InChI is InChI=1S/C14H14ClF2N3/c15-11-3-4-12-10(8-11)2-1-6-19(12)9-13-18-5-7-20(13)14(16)17/h3-5,7-8,14H,1-2,6,9H2. The summed E-state index contributed by atoms with van der Waals surface area (Å²) in [4.78, 5) is 6.12. The molecule has 0 N–H and O–H groups in total. The summed E-state index contributed by atoms with van der Waals surface area (Å²) < 4.78 is 26.6. The van der Waals surface area contributed by atoms with Gasteiger partial charge in [0.1, 0.15) is 5.82 Å². The first kappa shape index (κ1) is 13.4. The molecule has 0 unspecified atom stereocenters. The predicted molar refractivity (Wildman–Crippen MR) is 74.3 cm³/mol. The summed E-state index contributed by atoms with van der Waals surface area (Å²) in [7, 11) is 0. The van der Waals surface area contributed by atoms with Gasteiger partial charge in [0.25, 0.3) is 0 Å². The van der Waals surface area contributed by atoms with Crippen LogP contribution in [0.5, 0.6) is 0 Å². The SMILES string of the molecule is FC(F)n1ccnc1CN1CCCc2cc(Cl)ccc21. The first-order valence-electron chi connectivity index (χ1n) is 6.48. The molecule has 1 aromatic carbocycles. The van der Waals surface area contributed by atoms with Crippen molar-refractivity contribution >= 4 is 17.3 Å². The molecule has 0 amide bonds. The topological polar surface area (TPSA) is 21.1 Å². The fourth-order valence-electron chi connectivity index (χ4n) is 2.62. The van der Waals surface area contributed by atoms with E-state index in [4.69, 9.17) is 11.6 Å². The highest BCUT2D eigenvalue weighted by Gasteiger charge is 2.20. The molecule has 1 aromatic heterocycles. The summed E-state index contributed by atoms with van der Waals surface area (Å²) in [6, 6.07) is 5.73. The van der Waals surface area contributed by atoms with Gasteiger partial charge >= 0.3 is 6.55 Å². The summed E-state index contributed by atoms with van der Waals surface area (Å²) in [5.74, 6) is 0.378. The lowest BCUT2D eigenvalue weighted by atomic mass is 10.0. The van der Waals surface area contributed by atoms with Gasteiger partial charge in [0, 0.05) is 29.6 Å². The van der Waals surface area contributed by atoms with E-state index in [1.165, 1.54) is 18.0 Å². The molecule has 3 nitrogen and oxygen atoms in total. The molecule has 20 heavy (non-hydrogen) atoms. The van der Waals surface area contributed by atoms with Gasteiger partial charge in [0.15, 0.2) is 0 Å². The fraction of sp³-hybridized carbons (Fsp3) is 0.357. The molecule has 0 bridgehead atoms. The van der Waals surface area contributed by atoms with E-state index >= 15 is 0 Å². The molecule has 3 rings (SSSR count). The van der Waals surface area contributed by atoms with Crippen molar-refractivity contribution in [2.45, 2.75) is 25.9 Å². The molecule has 106 valence electrons. The van der Waals surface area contributed by atoms with Crippen LogP contribution in [-0.2, 0) is 13.0 Å². The number of hydrogen-bond donors (Lipinski definition) is 0. The predicted octanol–water partition coefficient (Wildman–Crippen LogP) is 3.88. The molecule has 2 heterocycles. The van der Waals surface area contributed by atoms with Crippen LogP contribution in [0.25, 0.3) is 0 Å². The largest absolute Gasteiger partial charge is 0.364 e. The number of imidazole rings is 1. The lowest BCUT2D eigenvalue weighted by Crippen LogP contribution is -2.30. The molecule has 1 aliphatic rings. The molecule has 0 fully saturated rings. The molecule has 0 radical (unpaired) electrons. The monoisotopic (exact) mass is 297 g/mol. The number of rotatable bonds is 3. The fourth-order valence-corrected chi connectivity index (χ4v) is 2.82. The molecule has 0 saturated heterocycles.